The van der Waals surface area contributed by atoms with Gasteiger partial charge in [0.2, 0.25) is 5.89 Å². The number of piperidine rings is 1. The van der Waals surface area contributed by atoms with Crippen molar-refractivity contribution < 1.29 is 9.21 Å². The normalized spacial score (nSPS) is 16.8. The van der Waals surface area contributed by atoms with Gasteiger partial charge in [-0.15, -0.1) is 0 Å². The van der Waals surface area contributed by atoms with E-state index in [9.17, 15) is 4.79 Å². The molecule has 28 heavy (non-hydrogen) atoms. The Bertz CT molecular complexity index is 974. The number of nitrogens with zero attached hydrogens (tertiary/aromatic N) is 4. The van der Waals surface area contributed by atoms with Gasteiger partial charge >= 0.3 is 0 Å². The first-order valence-corrected chi connectivity index (χ1v) is 9.04. The van der Waals surface area contributed by atoms with Crippen molar-refractivity contribution in [1.29, 1.82) is 0 Å². The van der Waals surface area contributed by atoms with Gasteiger partial charge in [-0.25, -0.2) is 9.97 Å². The van der Waals surface area contributed by atoms with Gasteiger partial charge in [-0.05, 0) is 31.0 Å². The molecule has 1 saturated heterocycles. The van der Waals surface area contributed by atoms with Crippen LogP contribution in [-0.2, 0) is 0 Å². The Balaban J connectivity index is 1.60. The third-order valence-electron chi connectivity index (χ3n) is 4.64. The molecule has 5 N–H and O–H groups in total. The largest absolute Gasteiger partial charge is 0.443 e. The summed E-state index contributed by atoms with van der Waals surface area (Å²) in [6.45, 7) is 1.60. The van der Waals surface area contributed by atoms with Crippen LogP contribution in [0.4, 0.5) is 17.1 Å². The molecule has 1 aliphatic rings. The number of rotatable bonds is 4. The Kier molecular flexibility index (Phi) is 4.90. The van der Waals surface area contributed by atoms with Crippen LogP contribution in [0.1, 0.15) is 23.3 Å². The summed E-state index contributed by atoms with van der Waals surface area (Å²) in [6, 6.07) is 5.24. The molecule has 3 aromatic rings. The fourth-order valence-electron chi connectivity index (χ4n) is 3.29. The van der Waals surface area contributed by atoms with Gasteiger partial charge in [0.1, 0.15) is 12.0 Å². The highest BCUT2D eigenvalue weighted by Crippen LogP contribution is 2.28. The maximum absolute atomic E-state index is 12.9. The van der Waals surface area contributed by atoms with Crippen LogP contribution in [0.25, 0.3) is 11.6 Å². The zero-order chi connectivity index (χ0) is 19.5. The summed E-state index contributed by atoms with van der Waals surface area (Å²) in [6.07, 6.45) is 8.26. The molecule has 144 valence electrons. The van der Waals surface area contributed by atoms with Gasteiger partial charge in [0.15, 0.2) is 5.69 Å². The van der Waals surface area contributed by atoms with Crippen LogP contribution in [-0.4, -0.2) is 40.0 Å². The van der Waals surface area contributed by atoms with Gasteiger partial charge in [0.05, 0.1) is 29.5 Å². The summed E-state index contributed by atoms with van der Waals surface area (Å²) < 4.78 is 5.25. The van der Waals surface area contributed by atoms with Gasteiger partial charge < -0.3 is 26.1 Å². The van der Waals surface area contributed by atoms with Crippen LogP contribution < -0.4 is 21.7 Å². The van der Waals surface area contributed by atoms with Crippen molar-refractivity contribution in [3.63, 3.8) is 0 Å². The lowest BCUT2D eigenvalue weighted by atomic mass is 10.1. The van der Waals surface area contributed by atoms with Gasteiger partial charge in [-0.3, -0.25) is 9.78 Å². The zero-order valence-electron chi connectivity index (χ0n) is 15.2. The van der Waals surface area contributed by atoms with Crippen LogP contribution in [0.2, 0.25) is 0 Å². The predicted molar refractivity (Wildman–Crippen MR) is 106 cm³/mol. The van der Waals surface area contributed by atoms with Crippen LogP contribution in [0.3, 0.4) is 0 Å². The molecule has 0 aliphatic carbocycles. The number of hydrogen-bond donors (Lipinski definition) is 3. The molecule has 1 atom stereocenters. The molecule has 9 heteroatoms. The molecular weight excluding hydrogens is 358 g/mol. The van der Waals surface area contributed by atoms with E-state index >= 15 is 0 Å². The molecule has 0 bridgehead atoms. The molecule has 1 amide bonds. The zero-order valence-corrected chi connectivity index (χ0v) is 15.2. The quantitative estimate of drug-likeness (QED) is 0.625. The first kappa shape index (κ1) is 17.9. The summed E-state index contributed by atoms with van der Waals surface area (Å²) in [5, 5.41) is 2.87. The van der Waals surface area contributed by atoms with Gasteiger partial charge in [0.25, 0.3) is 5.91 Å². The average molecular weight is 379 g/mol. The monoisotopic (exact) mass is 379 g/mol. The van der Waals surface area contributed by atoms with E-state index in [0.717, 1.165) is 31.6 Å². The highest BCUT2D eigenvalue weighted by molar-refractivity contribution is 6.07. The lowest BCUT2D eigenvalue weighted by Crippen LogP contribution is -2.43. The number of nitrogens with one attached hydrogen (secondary N) is 1. The minimum Gasteiger partial charge on any atom is -0.443 e. The topological polar surface area (TPSA) is 136 Å². The third-order valence-corrected chi connectivity index (χ3v) is 4.64. The number of amides is 1. The highest BCUT2D eigenvalue weighted by Gasteiger charge is 2.21. The third kappa shape index (κ3) is 3.65. The molecule has 0 unspecified atom stereocenters. The second-order valence-corrected chi connectivity index (χ2v) is 6.67. The van der Waals surface area contributed by atoms with Crippen LogP contribution in [0.5, 0.6) is 0 Å². The second kappa shape index (κ2) is 7.65. The number of nitrogen functional groups attached to an aromatic ring is 1. The smallest absolute Gasteiger partial charge is 0.276 e. The van der Waals surface area contributed by atoms with Crippen molar-refractivity contribution in [1.82, 2.24) is 15.0 Å². The molecule has 1 aliphatic heterocycles. The van der Waals surface area contributed by atoms with E-state index in [-0.39, 0.29) is 17.4 Å². The predicted octanol–water partition coefficient (Wildman–Crippen LogP) is 1.89. The molecule has 4 rings (SSSR count). The van der Waals surface area contributed by atoms with Crippen molar-refractivity contribution in [3.8, 4) is 11.6 Å². The second-order valence-electron chi connectivity index (χ2n) is 6.67. The van der Waals surface area contributed by atoms with Crippen LogP contribution in [0, 0.1) is 0 Å². The van der Waals surface area contributed by atoms with E-state index in [2.05, 4.69) is 25.2 Å². The minimum absolute atomic E-state index is 0.0980. The highest BCUT2D eigenvalue weighted by atomic mass is 16.3. The number of oxazole rings is 1. The molecule has 3 aromatic heterocycles. The van der Waals surface area contributed by atoms with E-state index < -0.39 is 5.91 Å². The molecule has 0 radical (unpaired) electrons. The van der Waals surface area contributed by atoms with Crippen molar-refractivity contribution in [3.05, 3.63) is 48.7 Å². The van der Waals surface area contributed by atoms with E-state index in [1.54, 1.807) is 24.5 Å². The Hall–Kier alpha value is -3.46. The molecule has 9 nitrogen and oxygen atoms in total. The minimum atomic E-state index is -0.429. The van der Waals surface area contributed by atoms with Crippen LogP contribution in [0.15, 0.2) is 47.5 Å². The number of aromatic nitrogens is 3. The van der Waals surface area contributed by atoms with Crippen LogP contribution >= 0.6 is 0 Å². The maximum Gasteiger partial charge on any atom is 0.276 e. The van der Waals surface area contributed by atoms with Crippen molar-refractivity contribution in [2.75, 3.05) is 29.0 Å². The molecule has 0 spiro atoms. The molecular formula is C19H21N7O2. The Morgan fingerprint density at radius 1 is 1.29 bits per heavy atom. The van der Waals surface area contributed by atoms with E-state index in [1.165, 1.54) is 12.5 Å². The average Bonchev–Trinajstić information content (AvgIpc) is 3.23. The Labute approximate surface area is 161 Å². The summed E-state index contributed by atoms with van der Waals surface area (Å²) in [5.74, 6) is -0.111. The molecule has 0 saturated carbocycles. The van der Waals surface area contributed by atoms with Gasteiger partial charge in [0, 0.05) is 25.3 Å². The lowest BCUT2D eigenvalue weighted by molar-refractivity contribution is 0.102. The van der Waals surface area contributed by atoms with Gasteiger partial charge in [-0.1, -0.05) is 0 Å². The maximum atomic E-state index is 12.9. The molecule has 0 aromatic carbocycles. The van der Waals surface area contributed by atoms with Gasteiger partial charge in [-0.2, -0.15) is 0 Å². The Morgan fingerprint density at radius 3 is 2.96 bits per heavy atom. The van der Waals surface area contributed by atoms with Crippen molar-refractivity contribution >= 4 is 23.0 Å². The number of pyridine rings is 2. The van der Waals surface area contributed by atoms with E-state index in [0.29, 0.717) is 17.3 Å². The van der Waals surface area contributed by atoms with E-state index in [4.69, 9.17) is 15.9 Å². The fraction of sp³-hybridized carbons (Fsp3) is 0.263. The first-order chi connectivity index (χ1) is 13.6. The molecule has 4 heterocycles. The lowest BCUT2D eigenvalue weighted by Gasteiger charge is -2.33. The number of carbonyl (C=O) groups is 1. The number of anilines is 3. The van der Waals surface area contributed by atoms with Crippen molar-refractivity contribution in [2.45, 2.75) is 18.9 Å². The fourth-order valence-corrected chi connectivity index (χ4v) is 3.29. The van der Waals surface area contributed by atoms with Crippen molar-refractivity contribution in [2.24, 2.45) is 5.73 Å². The summed E-state index contributed by atoms with van der Waals surface area (Å²) in [5.41, 5.74) is 14.3. The number of nitrogens with two attached hydrogens (primary N) is 2. The molecule has 1 fully saturated rings. The number of hydrogen-bond acceptors (Lipinski definition) is 8. The summed E-state index contributed by atoms with van der Waals surface area (Å²) in [7, 11) is 0. The standard InChI is InChI=1S/C19H21N7O2/c20-12-2-1-8-26(11-12)16-5-6-22-10-15(16)25-18(27)17-13(21)3-4-14(24-17)19-23-7-9-28-19/h3-7,9-10,12H,1-2,8,11,20-21H2,(H,25,27)/t12-/m0/s1. The first-order valence-electron chi connectivity index (χ1n) is 9.04. The number of carbonyl (C=O) groups excluding carboxylic acids is 1. The van der Waals surface area contributed by atoms with E-state index in [1.807, 2.05) is 6.07 Å². The Morgan fingerprint density at radius 2 is 2.18 bits per heavy atom. The summed E-state index contributed by atoms with van der Waals surface area (Å²) in [4.78, 5) is 27.5. The SMILES string of the molecule is Nc1ccc(-c2ncco2)nc1C(=O)Nc1cnccc1N1CCC[C@H](N)C1. The summed E-state index contributed by atoms with van der Waals surface area (Å²) >= 11 is 0.